The van der Waals surface area contributed by atoms with Crippen molar-refractivity contribution in [2.75, 3.05) is 11.4 Å². The monoisotopic (exact) mass is 356 g/mol. The van der Waals surface area contributed by atoms with Crippen molar-refractivity contribution in [3.63, 3.8) is 0 Å². The molecular formula is C19H24N4O3. The van der Waals surface area contributed by atoms with E-state index in [1.807, 2.05) is 0 Å². The lowest BCUT2D eigenvalue weighted by Crippen LogP contribution is -2.39. The highest BCUT2D eigenvalue weighted by Crippen LogP contribution is 2.35. The average molecular weight is 356 g/mol. The smallest absolute Gasteiger partial charge is 0.293 e. The Labute approximate surface area is 152 Å². The molecule has 0 spiro atoms. The Morgan fingerprint density at radius 2 is 2.19 bits per heavy atom. The summed E-state index contributed by atoms with van der Waals surface area (Å²) in [6.45, 7) is 2.95. The third-order valence-corrected chi connectivity index (χ3v) is 5.02. The van der Waals surface area contributed by atoms with Crippen LogP contribution in [-0.2, 0) is 7.05 Å². The molecule has 3 rings (SSSR count). The lowest BCUT2D eigenvalue weighted by Gasteiger charge is -2.37. The largest absolute Gasteiger partial charge is 0.363 e. The number of ketones is 1. The van der Waals surface area contributed by atoms with Gasteiger partial charge in [0.05, 0.1) is 4.92 Å². The maximum absolute atomic E-state index is 12.6. The molecule has 1 aromatic heterocycles. The van der Waals surface area contributed by atoms with Crippen LogP contribution in [0.15, 0.2) is 30.6 Å². The molecule has 0 unspecified atom stereocenters. The van der Waals surface area contributed by atoms with E-state index in [0.29, 0.717) is 17.3 Å². The van der Waals surface area contributed by atoms with E-state index in [9.17, 15) is 14.9 Å². The molecule has 0 saturated carbocycles. The molecule has 0 amide bonds. The van der Waals surface area contributed by atoms with Crippen LogP contribution in [0.5, 0.6) is 0 Å². The minimum atomic E-state index is -0.387. The maximum Gasteiger partial charge on any atom is 0.293 e. The minimum absolute atomic E-state index is 0.00642. The Balaban J connectivity index is 1.98. The normalized spacial score (nSPS) is 17.3. The van der Waals surface area contributed by atoms with Gasteiger partial charge < -0.3 is 9.47 Å². The van der Waals surface area contributed by atoms with Crippen molar-refractivity contribution in [1.29, 1.82) is 0 Å². The van der Waals surface area contributed by atoms with E-state index in [0.717, 1.165) is 38.6 Å². The predicted octanol–water partition coefficient (Wildman–Crippen LogP) is 3.72. The van der Waals surface area contributed by atoms with Crippen molar-refractivity contribution in [1.82, 2.24) is 9.55 Å². The van der Waals surface area contributed by atoms with Crippen molar-refractivity contribution in [2.45, 2.75) is 45.1 Å². The van der Waals surface area contributed by atoms with Crippen molar-refractivity contribution < 1.29 is 9.72 Å². The molecule has 0 radical (unpaired) electrons. The quantitative estimate of drug-likeness (QED) is 0.448. The van der Waals surface area contributed by atoms with Crippen molar-refractivity contribution in [3.8, 4) is 0 Å². The van der Waals surface area contributed by atoms with E-state index in [2.05, 4.69) is 16.8 Å². The molecule has 7 nitrogen and oxygen atoms in total. The number of imidazole rings is 1. The van der Waals surface area contributed by atoms with E-state index in [4.69, 9.17) is 0 Å². The topological polar surface area (TPSA) is 81.3 Å². The van der Waals surface area contributed by atoms with Crippen molar-refractivity contribution >= 4 is 17.2 Å². The third-order valence-electron chi connectivity index (χ3n) is 5.02. The highest BCUT2D eigenvalue weighted by atomic mass is 16.6. The number of nitrogens with zero attached hydrogens (tertiary/aromatic N) is 4. The Bertz CT molecular complexity index is 813. The molecule has 7 heteroatoms. The van der Waals surface area contributed by atoms with Crippen LogP contribution in [-0.4, -0.2) is 32.8 Å². The number of benzene rings is 1. The summed E-state index contributed by atoms with van der Waals surface area (Å²) in [6.07, 6.45) is 8.53. The number of hydrogen-bond donors (Lipinski definition) is 0. The third kappa shape index (κ3) is 3.47. The molecule has 1 fully saturated rings. The van der Waals surface area contributed by atoms with Crippen LogP contribution < -0.4 is 4.90 Å². The Morgan fingerprint density at radius 3 is 2.85 bits per heavy atom. The van der Waals surface area contributed by atoms with Gasteiger partial charge in [-0.2, -0.15) is 0 Å². The molecule has 1 aromatic carbocycles. The van der Waals surface area contributed by atoms with Crippen LogP contribution in [0.1, 0.15) is 55.2 Å². The fourth-order valence-corrected chi connectivity index (χ4v) is 3.72. The molecule has 0 N–H and O–H groups in total. The van der Waals surface area contributed by atoms with Gasteiger partial charge in [0.1, 0.15) is 5.69 Å². The summed E-state index contributed by atoms with van der Waals surface area (Å²) < 4.78 is 1.62. The van der Waals surface area contributed by atoms with Gasteiger partial charge in [0.25, 0.3) is 5.69 Å². The first kappa shape index (κ1) is 18.1. The zero-order valence-electron chi connectivity index (χ0n) is 15.2. The summed E-state index contributed by atoms with van der Waals surface area (Å²) >= 11 is 0. The molecule has 1 aliphatic rings. The lowest BCUT2D eigenvalue weighted by molar-refractivity contribution is -0.384. The van der Waals surface area contributed by atoms with Crippen LogP contribution >= 0.6 is 0 Å². The van der Waals surface area contributed by atoms with Crippen LogP contribution in [0.4, 0.5) is 11.4 Å². The van der Waals surface area contributed by atoms with Crippen LogP contribution in [0.2, 0.25) is 0 Å². The number of aryl methyl sites for hydroxylation is 1. The first-order chi connectivity index (χ1) is 12.5. The maximum atomic E-state index is 12.6. The van der Waals surface area contributed by atoms with Crippen molar-refractivity contribution in [2.24, 2.45) is 7.05 Å². The Kier molecular flexibility index (Phi) is 5.35. The zero-order valence-corrected chi connectivity index (χ0v) is 15.2. The number of anilines is 1. The number of piperidine rings is 1. The Hall–Kier alpha value is -2.70. The van der Waals surface area contributed by atoms with Gasteiger partial charge in [0.2, 0.25) is 5.78 Å². The van der Waals surface area contributed by atoms with Crippen LogP contribution in [0.3, 0.4) is 0 Å². The van der Waals surface area contributed by atoms with Crippen LogP contribution in [0.25, 0.3) is 0 Å². The van der Waals surface area contributed by atoms with Gasteiger partial charge in [-0.15, -0.1) is 0 Å². The summed E-state index contributed by atoms with van der Waals surface area (Å²) in [7, 11) is 1.73. The number of aromatic nitrogens is 2. The molecule has 1 saturated heterocycles. The molecule has 2 heterocycles. The molecule has 1 atom stereocenters. The van der Waals surface area contributed by atoms with E-state index < -0.39 is 0 Å². The fourth-order valence-electron chi connectivity index (χ4n) is 3.72. The predicted molar refractivity (Wildman–Crippen MR) is 99.6 cm³/mol. The van der Waals surface area contributed by atoms with E-state index in [-0.39, 0.29) is 22.2 Å². The number of nitro benzene ring substituents is 1. The van der Waals surface area contributed by atoms with Gasteiger partial charge >= 0.3 is 0 Å². The fraction of sp³-hybridized carbons (Fsp3) is 0.474. The SMILES string of the molecule is CCC[C@@H]1CCCCN1c1ccc(C(=O)c2nccn2C)cc1[N+](=O)[O-]. The van der Waals surface area contributed by atoms with Crippen LogP contribution in [0, 0.1) is 10.1 Å². The van der Waals surface area contributed by atoms with Gasteiger partial charge in [0, 0.05) is 43.7 Å². The van der Waals surface area contributed by atoms with Crippen molar-refractivity contribution in [3.05, 3.63) is 52.1 Å². The molecule has 2 aromatic rings. The molecule has 0 bridgehead atoms. The highest BCUT2D eigenvalue weighted by Gasteiger charge is 2.29. The lowest BCUT2D eigenvalue weighted by atomic mass is 9.96. The average Bonchev–Trinajstić information content (AvgIpc) is 3.07. The second-order valence-corrected chi connectivity index (χ2v) is 6.78. The van der Waals surface area contributed by atoms with E-state index in [1.54, 1.807) is 36.1 Å². The minimum Gasteiger partial charge on any atom is -0.363 e. The summed E-state index contributed by atoms with van der Waals surface area (Å²) in [5.74, 6) is -0.0372. The second kappa shape index (κ2) is 7.68. The van der Waals surface area contributed by atoms with Gasteiger partial charge in [-0.3, -0.25) is 14.9 Å². The number of carbonyl (C=O) groups is 1. The van der Waals surface area contributed by atoms with E-state index >= 15 is 0 Å². The highest BCUT2D eigenvalue weighted by molar-refractivity contribution is 6.07. The summed E-state index contributed by atoms with van der Waals surface area (Å²) in [6, 6.07) is 5.12. The Morgan fingerprint density at radius 1 is 1.38 bits per heavy atom. The number of rotatable bonds is 6. The first-order valence-corrected chi connectivity index (χ1v) is 9.10. The number of hydrogen-bond acceptors (Lipinski definition) is 5. The zero-order chi connectivity index (χ0) is 18.7. The molecule has 138 valence electrons. The van der Waals surface area contributed by atoms with E-state index in [1.165, 1.54) is 6.07 Å². The summed E-state index contributed by atoms with van der Waals surface area (Å²) in [5.41, 5.74) is 0.899. The number of carbonyl (C=O) groups excluding carboxylic acids is 1. The molecule has 26 heavy (non-hydrogen) atoms. The molecule has 0 aliphatic carbocycles. The van der Waals surface area contributed by atoms with Gasteiger partial charge in [-0.05, 0) is 37.8 Å². The summed E-state index contributed by atoms with van der Waals surface area (Å²) in [4.78, 5) is 30.2. The van der Waals surface area contributed by atoms with Gasteiger partial charge in [-0.25, -0.2) is 4.98 Å². The summed E-state index contributed by atoms with van der Waals surface area (Å²) in [5, 5.41) is 11.7. The van der Waals surface area contributed by atoms with Gasteiger partial charge in [0.15, 0.2) is 5.82 Å². The first-order valence-electron chi connectivity index (χ1n) is 9.10. The standard InChI is InChI=1S/C19H24N4O3/c1-3-6-15-7-4-5-11-22(15)16-9-8-14(13-17(16)23(25)26)18(24)19-20-10-12-21(19)2/h8-10,12-13,15H,3-7,11H2,1-2H3/t15-/m1/s1. The second-order valence-electron chi connectivity index (χ2n) is 6.78. The molecule has 1 aliphatic heterocycles. The van der Waals surface area contributed by atoms with Gasteiger partial charge in [-0.1, -0.05) is 13.3 Å². The molecular weight excluding hydrogens is 332 g/mol. The number of nitro groups is 1.